The van der Waals surface area contributed by atoms with Crippen LogP contribution in [0, 0.1) is 12.8 Å². The quantitative estimate of drug-likeness (QED) is 0.773. The van der Waals surface area contributed by atoms with Crippen LogP contribution >= 0.6 is 0 Å². The molecule has 1 aliphatic heterocycles. The van der Waals surface area contributed by atoms with Crippen molar-refractivity contribution in [3.63, 3.8) is 0 Å². The first-order chi connectivity index (χ1) is 12.2. The summed E-state index contributed by atoms with van der Waals surface area (Å²) in [4.78, 5) is 14.3. The van der Waals surface area contributed by atoms with Crippen molar-refractivity contribution in [2.75, 3.05) is 26.3 Å². The predicted molar refractivity (Wildman–Crippen MR) is 94.0 cm³/mol. The van der Waals surface area contributed by atoms with Crippen molar-refractivity contribution in [3.8, 4) is 11.5 Å². The van der Waals surface area contributed by atoms with E-state index in [0.29, 0.717) is 37.1 Å². The molecule has 0 saturated carbocycles. The molecule has 1 aliphatic rings. The summed E-state index contributed by atoms with van der Waals surface area (Å²) in [7, 11) is 0. The number of hydrogen-bond donors (Lipinski definition) is 0. The van der Waals surface area contributed by atoms with Gasteiger partial charge >= 0.3 is 0 Å². The molecule has 1 aromatic carbocycles. The van der Waals surface area contributed by atoms with Gasteiger partial charge in [0, 0.05) is 44.0 Å². The number of benzene rings is 1. The van der Waals surface area contributed by atoms with Gasteiger partial charge in [0.2, 0.25) is 17.7 Å². The molecule has 6 heteroatoms. The number of rotatable bonds is 7. The molecule has 3 rings (SSSR count). The van der Waals surface area contributed by atoms with E-state index < -0.39 is 0 Å². The van der Waals surface area contributed by atoms with E-state index in [1.807, 2.05) is 43.0 Å². The molecule has 0 spiro atoms. The van der Waals surface area contributed by atoms with Crippen molar-refractivity contribution < 1.29 is 13.9 Å². The van der Waals surface area contributed by atoms with Crippen molar-refractivity contribution in [1.29, 1.82) is 0 Å². The molecule has 2 aromatic rings. The van der Waals surface area contributed by atoms with Crippen molar-refractivity contribution in [3.05, 3.63) is 35.7 Å². The molecule has 1 saturated heterocycles. The Labute approximate surface area is 148 Å². The van der Waals surface area contributed by atoms with Crippen LogP contribution in [0.15, 0.2) is 28.7 Å². The van der Waals surface area contributed by atoms with Crippen LogP contribution < -0.4 is 0 Å². The smallest absolute Gasteiger partial charge is 0.247 e. The molecule has 0 radical (unpaired) electrons. The maximum absolute atomic E-state index is 12.4. The lowest BCUT2D eigenvalue weighted by Gasteiger charge is -2.23. The zero-order valence-electron chi connectivity index (χ0n) is 14.9. The zero-order valence-corrected chi connectivity index (χ0v) is 14.9. The second-order valence-electron chi connectivity index (χ2n) is 6.53. The first-order valence-electron chi connectivity index (χ1n) is 8.90. The van der Waals surface area contributed by atoms with Crippen LogP contribution in [-0.2, 0) is 16.0 Å². The van der Waals surface area contributed by atoms with Crippen molar-refractivity contribution in [1.82, 2.24) is 15.1 Å². The van der Waals surface area contributed by atoms with Crippen LogP contribution in [0.1, 0.15) is 31.2 Å². The summed E-state index contributed by atoms with van der Waals surface area (Å²) in [5.41, 5.74) is 2.08. The summed E-state index contributed by atoms with van der Waals surface area (Å²) >= 11 is 0. The van der Waals surface area contributed by atoms with Gasteiger partial charge in [0.25, 0.3) is 0 Å². The Kier molecular flexibility index (Phi) is 5.81. The highest BCUT2D eigenvalue weighted by Crippen LogP contribution is 2.19. The van der Waals surface area contributed by atoms with E-state index in [2.05, 4.69) is 10.2 Å². The average molecular weight is 343 g/mol. The Hall–Kier alpha value is -2.21. The third kappa shape index (κ3) is 4.66. The molecular formula is C19H25N3O3. The summed E-state index contributed by atoms with van der Waals surface area (Å²) < 4.78 is 11.1. The first-order valence-corrected chi connectivity index (χ1v) is 8.90. The number of aromatic nitrogens is 2. The standard InChI is InChI=1S/C19H25N3O3/c1-3-22(12-15-10-11-24-13-15)18(23)9-8-17-20-21-19(25-17)16-6-4-14(2)5-7-16/h4-7,15H,3,8-13H2,1-2H3/t15-/m0/s1. The molecule has 0 aliphatic carbocycles. The van der Waals surface area contributed by atoms with Crippen LogP contribution in [0.2, 0.25) is 0 Å². The third-order valence-corrected chi connectivity index (χ3v) is 4.56. The largest absolute Gasteiger partial charge is 0.421 e. The van der Waals surface area contributed by atoms with Crippen molar-refractivity contribution >= 4 is 5.91 Å². The Morgan fingerprint density at radius 2 is 2.08 bits per heavy atom. The molecule has 1 amide bonds. The van der Waals surface area contributed by atoms with Crippen molar-refractivity contribution in [2.45, 2.75) is 33.1 Å². The predicted octanol–water partition coefficient (Wildman–Crippen LogP) is 2.86. The Bertz CT molecular complexity index is 690. The van der Waals surface area contributed by atoms with Crippen molar-refractivity contribution in [2.24, 2.45) is 5.92 Å². The molecule has 1 fully saturated rings. The fraction of sp³-hybridized carbons (Fsp3) is 0.526. The van der Waals surface area contributed by atoms with E-state index in [-0.39, 0.29) is 5.91 Å². The van der Waals surface area contributed by atoms with Crippen LogP contribution in [0.5, 0.6) is 0 Å². The summed E-state index contributed by atoms with van der Waals surface area (Å²) in [6, 6.07) is 7.93. The molecule has 134 valence electrons. The van der Waals surface area contributed by atoms with E-state index >= 15 is 0 Å². The number of nitrogens with zero attached hydrogens (tertiary/aromatic N) is 3. The monoisotopic (exact) mass is 343 g/mol. The Balaban J connectivity index is 1.53. The molecular weight excluding hydrogens is 318 g/mol. The topological polar surface area (TPSA) is 68.5 Å². The fourth-order valence-corrected chi connectivity index (χ4v) is 2.99. The SMILES string of the molecule is CCN(C[C@@H]1CCOC1)C(=O)CCc1nnc(-c2ccc(C)cc2)o1. The van der Waals surface area contributed by atoms with E-state index in [4.69, 9.17) is 9.15 Å². The number of aryl methyl sites for hydroxylation is 2. The summed E-state index contributed by atoms with van der Waals surface area (Å²) in [6.45, 7) is 7.09. The van der Waals surface area contributed by atoms with Gasteiger partial charge in [-0.05, 0) is 32.4 Å². The fourth-order valence-electron chi connectivity index (χ4n) is 2.99. The number of carbonyl (C=O) groups excluding carboxylic acids is 1. The number of amides is 1. The van der Waals surface area contributed by atoms with Crippen LogP contribution in [0.3, 0.4) is 0 Å². The summed E-state index contributed by atoms with van der Waals surface area (Å²) in [5.74, 6) is 1.59. The van der Waals surface area contributed by atoms with E-state index in [1.54, 1.807) is 0 Å². The lowest BCUT2D eigenvalue weighted by Crippen LogP contribution is -2.35. The Morgan fingerprint density at radius 3 is 2.76 bits per heavy atom. The van der Waals surface area contributed by atoms with Gasteiger partial charge in [-0.15, -0.1) is 10.2 Å². The minimum Gasteiger partial charge on any atom is -0.421 e. The lowest BCUT2D eigenvalue weighted by molar-refractivity contribution is -0.131. The normalized spacial score (nSPS) is 17.0. The van der Waals surface area contributed by atoms with Gasteiger partial charge in [0.05, 0.1) is 6.61 Å². The molecule has 0 bridgehead atoms. The van der Waals surface area contributed by atoms with Gasteiger partial charge in [0.1, 0.15) is 0 Å². The third-order valence-electron chi connectivity index (χ3n) is 4.56. The Morgan fingerprint density at radius 1 is 1.28 bits per heavy atom. The van der Waals surface area contributed by atoms with E-state index in [9.17, 15) is 4.79 Å². The van der Waals surface area contributed by atoms with Gasteiger partial charge in [-0.1, -0.05) is 17.7 Å². The molecule has 2 heterocycles. The van der Waals surface area contributed by atoms with Crippen LogP contribution in [0.4, 0.5) is 0 Å². The highest BCUT2D eigenvalue weighted by atomic mass is 16.5. The highest BCUT2D eigenvalue weighted by Gasteiger charge is 2.22. The first kappa shape index (κ1) is 17.6. The second-order valence-corrected chi connectivity index (χ2v) is 6.53. The van der Waals surface area contributed by atoms with Gasteiger partial charge < -0.3 is 14.1 Å². The van der Waals surface area contributed by atoms with Gasteiger partial charge in [-0.2, -0.15) is 0 Å². The average Bonchev–Trinajstić information content (AvgIpc) is 3.30. The van der Waals surface area contributed by atoms with Gasteiger partial charge in [-0.3, -0.25) is 4.79 Å². The minimum absolute atomic E-state index is 0.129. The summed E-state index contributed by atoms with van der Waals surface area (Å²) in [5, 5.41) is 8.15. The van der Waals surface area contributed by atoms with E-state index in [0.717, 1.165) is 31.7 Å². The number of hydrogen-bond acceptors (Lipinski definition) is 5. The molecule has 1 aromatic heterocycles. The maximum Gasteiger partial charge on any atom is 0.247 e. The molecule has 25 heavy (non-hydrogen) atoms. The highest BCUT2D eigenvalue weighted by molar-refractivity contribution is 5.76. The molecule has 0 unspecified atom stereocenters. The van der Waals surface area contributed by atoms with Gasteiger partial charge in [-0.25, -0.2) is 0 Å². The maximum atomic E-state index is 12.4. The second kappa shape index (κ2) is 8.25. The molecule has 6 nitrogen and oxygen atoms in total. The lowest BCUT2D eigenvalue weighted by atomic mass is 10.1. The van der Waals surface area contributed by atoms with E-state index in [1.165, 1.54) is 5.56 Å². The number of carbonyl (C=O) groups is 1. The summed E-state index contributed by atoms with van der Waals surface area (Å²) in [6.07, 6.45) is 1.89. The molecule has 1 atom stereocenters. The van der Waals surface area contributed by atoms with Gasteiger partial charge in [0.15, 0.2) is 0 Å². The van der Waals surface area contributed by atoms with Crippen LogP contribution in [0.25, 0.3) is 11.5 Å². The van der Waals surface area contributed by atoms with Crippen LogP contribution in [-0.4, -0.2) is 47.3 Å². The molecule has 0 N–H and O–H groups in total. The minimum atomic E-state index is 0.129. The zero-order chi connectivity index (χ0) is 17.6. The number of ether oxygens (including phenoxy) is 1.